The van der Waals surface area contributed by atoms with Crippen molar-refractivity contribution in [1.29, 1.82) is 0 Å². The number of quaternary nitrogens is 1. The normalized spacial score (nSPS) is 14.6. The van der Waals surface area contributed by atoms with Gasteiger partial charge in [0.15, 0.2) is 0 Å². The number of phosphoric acid groups is 1. The van der Waals surface area contributed by atoms with Crippen molar-refractivity contribution in [1.82, 2.24) is 5.32 Å². The number of hydrogen-bond acceptors (Lipinski definition) is 6. The fraction of sp³-hybridized carbons (Fsp3) is 0.792. The van der Waals surface area contributed by atoms with Crippen molar-refractivity contribution >= 4 is 13.7 Å². The summed E-state index contributed by atoms with van der Waals surface area (Å²) in [4.78, 5) is 25.4. The Kier molecular flexibility index (Phi) is 43.1. The van der Waals surface area contributed by atoms with E-state index >= 15 is 0 Å². The molecule has 0 rings (SSSR count). The zero-order chi connectivity index (χ0) is 45.7. The Morgan fingerprint density at radius 3 is 1.44 bits per heavy atom. The molecule has 9 heteroatoms. The van der Waals surface area contributed by atoms with Gasteiger partial charge in [0.25, 0.3) is 7.82 Å². The smallest absolute Gasteiger partial charge is 0.268 e. The average Bonchev–Trinajstić information content (AvgIpc) is 3.23. The first-order chi connectivity index (χ1) is 30.0. The molecule has 0 saturated carbocycles. The molecule has 0 aliphatic carbocycles. The summed E-state index contributed by atoms with van der Waals surface area (Å²) in [6.07, 6.45) is 58.6. The summed E-state index contributed by atoms with van der Waals surface area (Å²) < 4.78 is 23.2. The van der Waals surface area contributed by atoms with Crippen molar-refractivity contribution in [3.05, 3.63) is 60.8 Å². The van der Waals surface area contributed by atoms with Crippen LogP contribution in [0.3, 0.4) is 0 Å². The molecule has 2 N–H and O–H groups in total. The molecule has 3 unspecified atom stereocenters. The lowest BCUT2D eigenvalue weighted by Gasteiger charge is -2.29. The van der Waals surface area contributed by atoms with E-state index in [0.29, 0.717) is 17.4 Å². The number of likely N-dealkylation sites (N-methyl/N-ethyl adjacent to an activating group) is 1. The summed E-state index contributed by atoms with van der Waals surface area (Å²) in [5.74, 6) is -0.216. The number of phosphoric ester groups is 1. The highest BCUT2D eigenvalue weighted by atomic mass is 31.2. The molecular formula is C53H99N2O6P. The second-order valence-electron chi connectivity index (χ2n) is 18.5. The highest BCUT2D eigenvalue weighted by Crippen LogP contribution is 2.38. The van der Waals surface area contributed by atoms with Crippen LogP contribution in [-0.2, 0) is 18.4 Å². The molecule has 0 saturated heterocycles. The van der Waals surface area contributed by atoms with Gasteiger partial charge in [-0.15, -0.1) is 0 Å². The number of nitrogens with one attached hydrogen (secondary N) is 1. The lowest BCUT2D eigenvalue weighted by Crippen LogP contribution is -2.45. The van der Waals surface area contributed by atoms with Crippen LogP contribution >= 0.6 is 7.82 Å². The summed E-state index contributed by atoms with van der Waals surface area (Å²) >= 11 is 0. The molecule has 0 bridgehead atoms. The molecule has 0 aromatic rings. The maximum atomic E-state index is 12.9. The van der Waals surface area contributed by atoms with Crippen LogP contribution in [-0.4, -0.2) is 68.5 Å². The van der Waals surface area contributed by atoms with Gasteiger partial charge in [0.1, 0.15) is 13.2 Å². The Hall–Kier alpha value is -1.80. The third-order valence-electron chi connectivity index (χ3n) is 11.2. The van der Waals surface area contributed by atoms with Crippen molar-refractivity contribution in [2.24, 2.45) is 0 Å². The fourth-order valence-corrected chi connectivity index (χ4v) is 7.82. The first-order valence-corrected chi connectivity index (χ1v) is 27.1. The number of nitrogens with zero attached hydrogens (tertiary/aromatic N) is 1. The van der Waals surface area contributed by atoms with Crippen molar-refractivity contribution in [2.75, 3.05) is 40.9 Å². The van der Waals surface area contributed by atoms with Crippen LogP contribution in [0.1, 0.15) is 219 Å². The van der Waals surface area contributed by atoms with Gasteiger partial charge < -0.3 is 28.8 Å². The third-order valence-corrected chi connectivity index (χ3v) is 12.1. The van der Waals surface area contributed by atoms with Crippen LogP contribution in [0.25, 0.3) is 0 Å². The van der Waals surface area contributed by atoms with Gasteiger partial charge >= 0.3 is 0 Å². The van der Waals surface area contributed by atoms with Gasteiger partial charge in [0.05, 0.1) is 39.9 Å². The van der Waals surface area contributed by atoms with E-state index in [-0.39, 0.29) is 12.5 Å². The predicted molar refractivity (Wildman–Crippen MR) is 265 cm³/mol. The zero-order valence-corrected chi connectivity index (χ0v) is 42.0. The van der Waals surface area contributed by atoms with Gasteiger partial charge in [-0.2, -0.15) is 0 Å². The number of carbonyl (C=O) groups is 1. The van der Waals surface area contributed by atoms with Gasteiger partial charge in [0.2, 0.25) is 5.91 Å². The van der Waals surface area contributed by atoms with Crippen molar-refractivity contribution < 1.29 is 32.9 Å². The van der Waals surface area contributed by atoms with Crippen molar-refractivity contribution in [3.8, 4) is 0 Å². The molecule has 8 nitrogen and oxygen atoms in total. The van der Waals surface area contributed by atoms with Gasteiger partial charge in [0, 0.05) is 6.42 Å². The third kappa shape index (κ3) is 46.2. The molecule has 3 atom stereocenters. The lowest BCUT2D eigenvalue weighted by molar-refractivity contribution is -0.870. The molecule has 0 aliphatic rings. The predicted octanol–water partition coefficient (Wildman–Crippen LogP) is 14.3. The summed E-state index contributed by atoms with van der Waals surface area (Å²) in [5, 5.41) is 13.8. The standard InChI is InChI=1S/C53H99N2O6P/c1-6-8-10-12-14-16-18-20-21-22-23-24-25-26-27-28-29-30-31-32-33-35-37-39-41-43-45-47-53(57)54-51(50-61-62(58,59)60-49-48-55(3,4)5)52(56)46-44-42-40-38-36-34-19-17-15-13-11-9-7-2/h15,17,23-24,26-27,36,38,44,46,51-52,56H,6-14,16,18-22,25,28-35,37,39-43,45,47-50H2,1-5H3,(H-,54,57,58,59)/b17-15+,24-23-,27-26-,38-36+,46-44+. The molecule has 62 heavy (non-hydrogen) atoms. The van der Waals surface area contributed by atoms with Gasteiger partial charge in [-0.3, -0.25) is 9.36 Å². The topological polar surface area (TPSA) is 108 Å². The number of rotatable bonds is 46. The van der Waals surface area contributed by atoms with E-state index in [1.807, 2.05) is 27.2 Å². The summed E-state index contributed by atoms with van der Waals surface area (Å²) in [6, 6.07) is -0.912. The molecule has 0 aromatic heterocycles. The molecule has 0 radical (unpaired) electrons. The minimum absolute atomic E-state index is 0.0113. The van der Waals surface area contributed by atoms with Crippen molar-refractivity contribution in [2.45, 2.75) is 231 Å². The number of aliphatic hydroxyl groups excluding tert-OH is 1. The first-order valence-electron chi connectivity index (χ1n) is 25.7. The number of amides is 1. The number of hydrogen-bond donors (Lipinski definition) is 2. The fourth-order valence-electron chi connectivity index (χ4n) is 7.10. The molecule has 0 heterocycles. The number of carbonyl (C=O) groups excluding carboxylic acids is 1. The number of aliphatic hydroxyl groups is 1. The second-order valence-corrected chi connectivity index (χ2v) is 19.9. The molecule has 0 aromatic carbocycles. The summed E-state index contributed by atoms with van der Waals surface area (Å²) in [5.41, 5.74) is 0. The minimum Gasteiger partial charge on any atom is -0.756 e. The SMILES string of the molecule is CCCCC/C=C/CC/C=C/CC/C=C/C(O)C(COP(=O)([O-])OCC[N+](C)(C)C)NC(=O)CCCCCCCCCCCCC/C=C\C/C=C\CCCCCCCCCCC. The van der Waals surface area contributed by atoms with Crippen LogP contribution in [0, 0.1) is 0 Å². The summed E-state index contributed by atoms with van der Waals surface area (Å²) in [7, 11) is 1.23. The largest absolute Gasteiger partial charge is 0.756 e. The van der Waals surface area contributed by atoms with E-state index in [1.165, 1.54) is 141 Å². The van der Waals surface area contributed by atoms with Crippen LogP contribution < -0.4 is 10.2 Å². The van der Waals surface area contributed by atoms with Gasteiger partial charge in [-0.05, 0) is 77.0 Å². The maximum absolute atomic E-state index is 12.9. The molecular weight excluding hydrogens is 792 g/mol. The Labute approximate surface area is 383 Å². The Morgan fingerprint density at radius 2 is 0.952 bits per heavy atom. The van der Waals surface area contributed by atoms with Gasteiger partial charge in [-0.1, -0.05) is 197 Å². The lowest BCUT2D eigenvalue weighted by atomic mass is 10.0. The Bertz CT molecular complexity index is 1190. The number of allylic oxidation sites excluding steroid dienone is 9. The minimum atomic E-state index is -4.60. The molecule has 1 amide bonds. The monoisotopic (exact) mass is 891 g/mol. The highest BCUT2D eigenvalue weighted by molar-refractivity contribution is 7.45. The second kappa shape index (κ2) is 44.4. The molecule has 0 fully saturated rings. The summed E-state index contributed by atoms with van der Waals surface area (Å²) in [6.45, 7) is 4.58. The van der Waals surface area contributed by atoms with Crippen molar-refractivity contribution in [3.63, 3.8) is 0 Å². The van der Waals surface area contributed by atoms with Crippen LogP contribution in [0.4, 0.5) is 0 Å². The Balaban J connectivity index is 4.23. The molecule has 0 spiro atoms. The van der Waals surface area contributed by atoms with E-state index in [2.05, 4.69) is 67.8 Å². The highest BCUT2D eigenvalue weighted by Gasteiger charge is 2.23. The first kappa shape index (κ1) is 60.2. The van der Waals surface area contributed by atoms with E-state index in [9.17, 15) is 19.4 Å². The average molecular weight is 891 g/mol. The molecule has 362 valence electrons. The van der Waals surface area contributed by atoms with Crippen LogP contribution in [0.15, 0.2) is 60.8 Å². The van der Waals surface area contributed by atoms with E-state index in [1.54, 1.807) is 6.08 Å². The van der Waals surface area contributed by atoms with E-state index in [0.717, 1.165) is 57.8 Å². The number of unbranched alkanes of at least 4 members (excludes halogenated alkanes) is 25. The van der Waals surface area contributed by atoms with Crippen LogP contribution in [0.2, 0.25) is 0 Å². The Morgan fingerprint density at radius 1 is 0.565 bits per heavy atom. The zero-order valence-electron chi connectivity index (χ0n) is 41.1. The van der Waals surface area contributed by atoms with Crippen LogP contribution in [0.5, 0.6) is 0 Å². The maximum Gasteiger partial charge on any atom is 0.268 e. The van der Waals surface area contributed by atoms with E-state index in [4.69, 9.17) is 9.05 Å². The quantitative estimate of drug-likeness (QED) is 0.0273. The van der Waals surface area contributed by atoms with Gasteiger partial charge in [-0.25, -0.2) is 0 Å². The molecule has 0 aliphatic heterocycles. The van der Waals surface area contributed by atoms with E-state index < -0.39 is 26.6 Å².